The number of nitrogens with zero attached hydrogens (tertiary/aromatic N) is 3. The maximum absolute atomic E-state index is 13.1. The second-order valence-corrected chi connectivity index (χ2v) is 6.29. The van der Waals surface area contributed by atoms with Gasteiger partial charge in [0, 0.05) is 24.5 Å². The van der Waals surface area contributed by atoms with E-state index in [2.05, 4.69) is 4.98 Å². The van der Waals surface area contributed by atoms with E-state index < -0.39 is 11.7 Å². The third-order valence-electron chi connectivity index (χ3n) is 4.54. The Balaban J connectivity index is 1.69. The second kappa shape index (κ2) is 7.11. The first-order chi connectivity index (χ1) is 13.5. The summed E-state index contributed by atoms with van der Waals surface area (Å²) in [5.74, 6) is -1.44. The van der Waals surface area contributed by atoms with Crippen LogP contribution in [0.25, 0.3) is 22.2 Å². The summed E-state index contributed by atoms with van der Waals surface area (Å²) in [7, 11) is 1.65. The lowest BCUT2D eigenvalue weighted by molar-refractivity contribution is -0.118. The van der Waals surface area contributed by atoms with Crippen molar-refractivity contribution < 1.29 is 13.6 Å². The molecule has 0 unspecified atom stereocenters. The van der Waals surface area contributed by atoms with Crippen LogP contribution in [0.2, 0.25) is 0 Å². The van der Waals surface area contributed by atoms with Gasteiger partial charge < -0.3 is 9.32 Å². The molecule has 2 aromatic heterocycles. The molecule has 6 nitrogen and oxygen atoms in total. The summed E-state index contributed by atoms with van der Waals surface area (Å²) < 4.78 is 19.6. The standard InChI is InChI=1S/C21H16FN3O3/c1-24(16-5-3-2-4-6-16)20(26)13-25-17-11-14(7-9-18(17)28-21(25)27)15-8-10-19(22)23-12-15/h2-12H,13H2,1H3/i22-1. The van der Waals surface area contributed by atoms with Crippen LogP contribution in [0.5, 0.6) is 0 Å². The molecule has 4 rings (SSSR count). The fourth-order valence-electron chi connectivity index (χ4n) is 2.97. The van der Waals surface area contributed by atoms with Gasteiger partial charge in [-0.2, -0.15) is 4.39 Å². The van der Waals surface area contributed by atoms with Crippen LogP contribution >= 0.6 is 0 Å². The summed E-state index contributed by atoms with van der Waals surface area (Å²) in [4.78, 5) is 30.1. The largest absolute Gasteiger partial charge is 0.420 e. The fourth-order valence-corrected chi connectivity index (χ4v) is 2.97. The Morgan fingerprint density at radius 2 is 1.86 bits per heavy atom. The van der Waals surface area contributed by atoms with E-state index in [1.54, 1.807) is 31.3 Å². The van der Waals surface area contributed by atoms with Crippen molar-refractivity contribution in [2.45, 2.75) is 6.54 Å². The molecule has 7 heteroatoms. The number of hydrogen-bond acceptors (Lipinski definition) is 4. The van der Waals surface area contributed by atoms with Crippen LogP contribution < -0.4 is 10.7 Å². The molecule has 0 radical (unpaired) electrons. The van der Waals surface area contributed by atoms with Crippen molar-refractivity contribution in [1.82, 2.24) is 9.55 Å². The molecule has 4 aromatic rings. The van der Waals surface area contributed by atoms with Crippen LogP contribution in [0.3, 0.4) is 0 Å². The van der Waals surface area contributed by atoms with E-state index in [0.717, 1.165) is 11.3 Å². The van der Waals surface area contributed by atoms with Crippen LogP contribution in [0, 0.1) is 5.95 Å². The highest BCUT2D eigenvalue weighted by Crippen LogP contribution is 2.24. The molecule has 0 saturated heterocycles. The van der Waals surface area contributed by atoms with Crippen LogP contribution in [0.15, 0.2) is 76.1 Å². The van der Waals surface area contributed by atoms with Gasteiger partial charge in [-0.15, -0.1) is 0 Å². The van der Waals surface area contributed by atoms with Crippen LogP contribution in [-0.2, 0) is 11.3 Å². The first kappa shape index (κ1) is 17.7. The van der Waals surface area contributed by atoms with Crippen molar-refractivity contribution >= 4 is 22.7 Å². The first-order valence-electron chi connectivity index (χ1n) is 8.60. The van der Waals surface area contributed by atoms with Crippen LogP contribution in [-0.4, -0.2) is 22.5 Å². The Labute approximate surface area is 159 Å². The summed E-state index contributed by atoms with van der Waals surface area (Å²) >= 11 is 0. The molecular weight excluding hydrogens is 360 g/mol. The van der Waals surface area contributed by atoms with Gasteiger partial charge in [0.25, 0.3) is 0 Å². The van der Waals surface area contributed by atoms with Crippen molar-refractivity contribution in [3.63, 3.8) is 0 Å². The Kier molecular flexibility index (Phi) is 4.49. The van der Waals surface area contributed by atoms with Gasteiger partial charge in [-0.05, 0) is 42.0 Å². The summed E-state index contributed by atoms with van der Waals surface area (Å²) in [6.07, 6.45) is 1.41. The minimum atomic E-state index is -0.612. The molecule has 0 bridgehead atoms. The predicted octanol–water partition coefficient (Wildman–Crippen LogP) is 3.46. The molecule has 1 amide bonds. The number of carbonyl (C=O) groups excluding carboxylic acids is 1. The van der Waals surface area contributed by atoms with E-state index in [9.17, 15) is 14.0 Å². The smallest absolute Gasteiger partial charge is 0.408 e. The zero-order valence-electron chi connectivity index (χ0n) is 15.0. The summed E-state index contributed by atoms with van der Waals surface area (Å²) in [5, 5.41) is 0. The van der Waals surface area contributed by atoms with E-state index in [1.165, 1.54) is 21.7 Å². The Morgan fingerprint density at radius 3 is 2.57 bits per heavy atom. The third kappa shape index (κ3) is 3.29. The molecule has 28 heavy (non-hydrogen) atoms. The zero-order chi connectivity index (χ0) is 19.7. The second-order valence-electron chi connectivity index (χ2n) is 6.29. The Hall–Kier alpha value is -3.74. The third-order valence-corrected chi connectivity index (χ3v) is 4.54. The lowest BCUT2D eigenvalue weighted by Gasteiger charge is -2.17. The van der Waals surface area contributed by atoms with Gasteiger partial charge in [-0.3, -0.25) is 9.36 Å². The quantitative estimate of drug-likeness (QED) is 0.512. The Morgan fingerprint density at radius 1 is 1.11 bits per heavy atom. The van der Waals surface area contributed by atoms with Gasteiger partial charge in [0.1, 0.15) is 6.54 Å². The van der Waals surface area contributed by atoms with Gasteiger partial charge in [-0.1, -0.05) is 24.3 Å². The van der Waals surface area contributed by atoms with Gasteiger partial charge in [0.05, 0.1) is 5.52 Å². The van der Waals surface area contributed by atoms with E-state index in [1.807, 2.05) is 30.3 Å². The number of para-hydroxylation sites is 1. The Bertz CT molecular complexity index is 1200. The molecule has 2 aromatic carbocycles. The molecular formula is C21H16FN3O3. The van der Waals surface area contributed by atoms with Crippen LogP contribution in [0.1, 0.15) is 0 Å². The van der Waals surface area contributed by atoms with Crippen molar-refractivity contribution in [2.24, 2.45) is 0 Å². The molecule has 0 saturated carbocycles. The number of benzene rings is 2. The lowest BCUT2D eigenvalue weighted by atomic mass is 10.1. The zero-order valence-corrected chi connectivity index (χ0v) is 15.0. The van der Waals surface area contributed by atoms with Gasteiger partial charge >= 0.3 is 5.76 Å². The molecule has 0 atom stereocenters. The van der Waals surface area contributed by atoms with Crippen molar-refractivity contribution in [3.05, 3.63) is 83.4 Å². The van der Waals surface area contributed by atoms with Crippen LogP contribution in [0.4, 0.5) is 10.1 Å². The average Bonchev–Trinajstić information content (AvgIpc) is 3.03. The molecule has 140 valence electrons. The number of hydrogen-bond donors (Lipinski definition) is 0. The number of rotatable bonds is 4. The summed E-state index contributed by atoms with van der Waals surface area (Å²) in [6, 6.07) is 17.2. The number of halogens is 1. The monoisotopic (exact) mass is 376 g/mol. The average molecular weight is 376 g/mol. The van der Waals surface area contributed by atoms with Crippen molar-refractivity contribution in [1.29, 1.82) is 0 Å². The molecule has 2 heterocycles. The fraction of sp³-hybridized carbons (Fsp3) is 0.0952. The number of aromatic nitrogens is 2. The number of pyridine rings is 1. The predicted molar refractivity (Wildman–Crippen MR) is 104 cm³/mol. The number of carbonyl (C=O) groups is 1. The highest BCUT2D eigenvalue weighted by atomic mass is 18.2. The number of fused-ring (bicyclic) bond motifs is 1. The maximum Gasteiger partial charge on any atom is 0.420 e. The minimum absolute atomic E-state index is 0.164. The summed E-state index contributed by atoms with van der Waals surface area (Å²) in [5.41, 5.74) is 3.02. The molecule has 0 N–H and O–H groups in total. The maximum atomic E-state index is 13.1. The number of amides is 1. The number of likely N-dealkylation sites (N-methyl/N-ethyl adjacent to an activating group) is 1. The highest BCUT2D eigenvalue weighted by Gasteiger charge is 2.17. The first-order valence-corrected chi connectivity index (χ1v) is 8.60. The number of oxazole rings is 1. The highest BCUT2D eigenvalue weighted by molar-refractivity contribution is 5.93. The van der Waals surface area contributed by atoms with E-state index in [4.69, 9.17) is 4.42 Å². The van der Waals surface area contributed by atoms with Gasteiger partial charge in [0.2, 0.25) is 11.9 Å². The topological polar surface area (TPSA) is 68.3 Å². The molecule has 0 spiro atoms. The molecule has 0 aliphatic heterocycles. The van der Waals surface area contributed by atoms with E-state index >= 15 is 0 Å². The SMILES string of the molecule is CN(C(=O)Cn1c(=O)oc2ccc(-c3ccc([18F])nc3)cc21)c1ccccc1. The van der Waals surface area contributed by atoms with Gasteiger partial charge in [-0.25, -0.2) is 9.78 Å². The molecule has 0 aliphatic carbocycles. The van der Waals surface area contributed by atoms with Gasteiger partial charge in [0.15, 0.2) is 5.58 Å². The van der Waals surface area contributed by atoms with E-state index in [-0.39, 0.29) is 12.5 Å². The normalized spacial score (nSPS) is 10.9. The van der Waals surface area contributed by atoms with Crippen molar-refractivity contribution in [2.75, 3.05) is 11.9 Å². The summed E-state index contributed by atoms with van der Waals surface area (Å²) in [6.45, 7) is -0.164. The van der Waals surface area contributed by atoms with E-state index in [0.29, 0.717) is 16.7 Å². The lowest BCUT2D eigenvalue weighted by Crippen LogP contribution is -2.32. The molecule has 0 fully saturated rings. The molecule has 0 aliphatic rings. The minimum Gasteiger partial charge on any atom is -0.408 e. The number of anilines is 1. The van der Waals surface area contributed by atoms with Crippen molar-refractivity contribution in [3.8, 4) is 11.1 Å².